The summed E-state index contributed by atoms with van der Waals surface area (Å²) in [4.78, 5) is 14.5. The van der Waals surface area contributed by atoms with E-state index in [-0.39, 0.29) is 5.91 Å². The second-order valence-corrected chi connectivity index (χ2v) is 5.97. The van der Waals surface area contributed by atoms with Crippen molar-refractivity contribution in [2.24, 2.45) is 5.11 Å². The maximum atomic E-state index is 11.9. The van der Waals surface area contributed by atoms with Gasteiger partial charge in [-0.15, -0.1) is 0 Å². The highest BCUT2D eigenvalue weighted by atomic mass is 16.5. The van der Waals surface area contributed by atoms with E-state index in [4.69, 9.17) is 15.0 Å². The molecule has 0 heterocycles. The maximum absolute atomic E-state index is 11.9. The fourth-order valence-electron chi connectivity index (χ4n) is 2.44. The normalized spacial score (nSPS) is 10.3. The summed E-state index contributed by atoms with van der Waals surface area (Å²) < 4.78 is 11.2. The number of amides is 1. The van der Waals surface area contributed by atoms with Crippen LogP contribution < -0.4 is 14.8 Å². The molecule has 0 fully saturated rings. The monoisotopic (exact) mass is 380 g/mol. The van der Waals surface area contributed by atoms with Crippen molar-refractivity contribution < 1.29 is 14.3 Å². The molecule has 0 spiro atoms. The SMILES string of the molecule is COc1cc(C=CC(=O)NCCCCN=[N+]=[N-])ccc1OCc1ccccc1. The van der Waals surface area contributed by atoms with E-state index < -0.39 is 0 Å². The molecule has 7 nitrogen and oxygen atoms in total. The van der Waals surface area contributed by atoms with Gasteiger partial charge in [0.2, 0.25) is 5.91 Å². The maximum Gasteiger partial charge on any atom is 0.243 e. The molecule has 28 heavy (non-hydrogen) atoms. The molecular formula is C21H24N4O3. The molecule has 1 amide bonds. The zero-order valence-electron chi connectivity index (χ0n) is 15.9. The van der Waals surface area contributed by atoms with Crippen LogP contribution in [-0.4, -0.2) is 26.1 Å². The van der Waals surface area contributed by atoms with Gasteiger partial charge in [-0.05, 0) is 47.7 Å². The molecule has 2 aromatic rings. The zero-order chi connectivity index (χ0) is 20.0. The van der Waals surface area contributed by atoms with Gasteiger partial charge in [0.1, 0.15) is 6.61 Å². The number of ether oxygens (including phenoxy) is 2. The third-order valence-corrected chi connectivity index (χ3v) is 3.90. The van der Waals surface area contributed by atoms with Crippen LogP contribution in [0.15, 0.2) is 59.7 Å². The molecule has 2 rings (SSSR count). The molecule has 0 atom stereocenters. The Balaban J connectivity index is 1.85. The van der Waals surface area contributed by atoms with Crippen LogP contribution in [0.4, 0.5) is 0 Å². The molecule has 146 valence electrons. The van der Waals surface area contributed by atoms with Gasteiger partial charge in [-0.25, -0.2) is 0 Å². The van der Waals surface area contributed by atoms with Crippen LogP contribution in [0.5, 0.6) is 11.5 Å². The minimum Gasteiger partial charge on any atom is -0.493 e. The van der Waals surface area contributed by atoms with Gasteiger partial charge >= 0.3 is 0 Å². The Morgan fingerprint density at radius 1 is 1.18 bits per heavy atom. The lowest BCUT2D eigenvalue weighted by Gasteiger charge is -2.11. The van der Waals surface area contributed by atoms with E-state index >= 15 is 0 Å². The van der Waals surface area contributed by atoms with Crippen LogP contribution in [-0.2, 0) is 11.4 Å². The van der Waals surface area contributed by atoms with Crippen molar-refractivity contribution in [3.63, 3.8) is 0 Å². The van der Waals surface area contributed by atoms with E-state index in [0.29, 0.717) is 31.2 Å². The van der Waals surface area contributed by atoms with E-state index in [1.54, 1.807) is 13.2 Å². The highest BCUT2D eigenvalue weighted by Gasteiger charge is 2.05. The Bertz CT molecular complexity index is 831. The Hall–Kier alpha value is -3.44. The number of nitrogens with zero attached hydrogens (tertiary/aromatic N) is 3. The first-order valence-corrected chi connectivity index (χ1v) is 9.04. The minimum absolute atomic E-state index is 0.174. The van der Waals surface area contributed by atoms with Crippen LogP contribution in [0.25, 0.3) is 16.5 Å². The van der Waals surface area contributed by atoms with Gasteiger partial charge in [0, 0.05) is 24.1 Å². The molecule has 7 heteroatoms. The summed E-state index contributed by atoms with van der Waals surface area (Å²) in [7, 11) is 1.58. The number of carbonyl (C=O) groups excluding carboxylic acids is 1. The first kappa shape index (κ1) is 20.9. The zero-order valence-corrected chi connectivity index (χ0v) is 15.9. The third-order valence-electron chi connectivity index (χ3n) is 3.90. The fourth-order valence-corrected chi connectivity index (χ4v) is 2.44. The minimum atomic E-state index is -0.174. The lowest BCUT2D eigenvalue weighted by Crippen LogP contribution is -2.22. The standard InChI is InChI=1S/C21H24N4O3/c1-27-20-15-17(10-12-21(26)23-13-5-6-14-24-25-22)9-11-19(20)28-16-18-7-3-2-4-8-18/h2-4,7-12,15H,5-6,13-14,16H2,1H3,(H,23,26). The largest absolute Gasteiger partial charge is 0.493 e. The van der Waals surface area contributed by atoms with E-state index in [1.165, 1.54) is 6.08 Å². The van der Waals surface area contributed by atoms with Crippen molar-refractivity contribution in [1.29, 1.82) is 0 Å². The van der Waals surface area contributed by atoms with E-state index in [1.807, 2.05) is 48.5 Å². The second kappa shape index (κ2) is 12.0. The van der Waals surface area contributed by atoms with Crippen molar-refractivity contribution >= 4 is 12.0 Å². The van der Waals surface area contributed by atoms with Gasteiger partial charge in [0.25, 0.3) is 0 Å². The summed E-state index contributed by atoms with van der Waals surface area (Å²) in [5.41, 5.74) is 10.1. The molecule has 0 aliphatic rings. The van der Waals surface area contributed by atoms with Gasteiger partial charge < -0.3 is 14.8 Å². The average Bonchev–Trinajstić information content (AvgIpc) is 2.74. The van der Waals surface area contributed by atoms with Gasteiger partial charge in [-0.3, -0.25) is 4.79 Å². The summed E-state index contributed by atoms with van der Waals surface area (Å²) in [6.07, 6.45) is 4.71. The number of methoxy groups -OCH3 is 1. The summed E-state index contributed by atoms with van der Waals surface area (Å²) in [5.74, 6) is 1.08. The molecule has 0 aliphatic carbocycles. The third kappa shape index (κ3) is 7.43. The van der Waals surface area contributed by atoms with Gasteiger partial charge in [0.15, 0.2) is 11.5 Å². The molecule has 0 bridgehead atoms. The van der Waals surface area contributed by atoms with Gasteiger partial charge in [-0.1, -0.05) is 41.5 Å². The molecule has 0 radical (unpaired) electrons. The van der Waals surface area contributed by atoms with Gasteiger partial charge in [-0.2, -0.15) is 0 Å². The fraction of sp³-hybridized carbons (Fsp3) is 0.286. The molecule has 0 unspecified atom stereocenters. The van der Waals surface area contributed by atoms with Crippen molar-refractivity contribution in [2.75, 3.05) is 20.2 Å². The van der Waals surface area contributed by atoms with Crippen LogP contribution in [0, 0.1) is 0 Å². The number of hydrogen-bond donors (Lipinski definition) is 1. The molecule has 0 saturated heterocycles. The summed E-state index contributed by atoms with van der Waals surface area (Å²) in [6.45, 7) is 1.44. The smallest absolute Gasteiger partial charge is 0.243 e. The van der Waals surface area contributed by atoms with Crippen molar-refractivity contribution in [3.8, 4) is 11.5 Å². The van der Waals surface area contributed by atoms with Crippen molar-refractivity contribution in [1.82, 2.24) is 5.32 Å². The second-order valence-electron chi connectivity index (χ2n) is 5.97. The highest BCUT2D eigenvalue weighted by molar-refractivity contribution is 5.91. The average molecular weight is 380 g/mol. The molecule has 0 aliphatic heterocycles. The highest BCUT2D eigenvalue weighted by Crippen LogP contribution is 2.29. The Kier molecular flexibility index (Phi) is 8.97. The van der Waals surface area contributed by atoms with Crippen molar-refractivity contribution in [2.45, 2.75) is 19.4 Å². The van der Waals surface area contributed by atoms with E-state index in [0.717, 1.165) is 24.0 Å². The van der Waals surface area contributed by atoms with E-state index in [2.05, 4.69) is 15.3 Å². The lowest BCUT2D eigenvalue weighted by molar-refractivity contribution is -0.116. The predicted molar refractivity (Wildman–Crippen MR) is 109 cm³/mol. The number of azide groups is 1. The lowest BCUT2D eigenvalue weighted by atomic mass is 10.2. The molecule has 0 saturated carbocycles. The predicted octanol–water partition coefficient (Wildman–Crippen LogP) is 4.49. The van der Waals surface area contributed by atoms with Crippen LogP contribution in [0.1, 0.15) is 24.0 Å². The summed E-state index contributed by atoms with van der Waals surface area (Å²) >= 11 is 0. The summed E-state index contributed by atoms with van der Waals surface area (Å²) in [6, 6.07) is 15.4. The first-order valence-electron chi connectivity index (χ1n) is 9.04. The van der Waals surface area contributed by atoms with Crippen molar-refractivity contribution in [3.05, 3.63) is 76.2 Å². The van der Waals surface area contributed by atoms with Gasteiger partial charge in [0.05, 0.1) is 7.11 Å². The summed E-state index contributed by atoms with van der Waals surface area (Å²) in [5, 5.41) is 6.24. The number of rotatable bonds is 11. The Labute approximate surface area is 164 Å². The molecule has 2 aromatic carbocycles. The number of nitrogens with one attached hydrogen (secondary N) is 1. The first-order chi connectivity index (χ1) is 13.7. The molecule has 1 N–H and O–H groups in total. The molecule has 0 aromatic heterocycles. The number of hydrogen-bond acceptors (Lipinski definition) is 4. The number of carbonyl (C=O) groups is 1. The Morgan fingerprint density at radius 2 is 2.00 bits per heavy atom. The quantitative estimate of drug-likeness (QED) is 0.204. The molecular weight excluding hydrogens is 356 g/mol. The number of benzene rings is 2. The topological polar surface area (TPSA) is 96.3 Å². The van der Waals surface area contributed by atoms with Crippen LogP contribution in [0.2, 0.25) is 0 Å². The van der Waals surface area contributed by atoms with E-state index in [9.17, 15) is 4.79 Å². The van der Waals surface area contributed by atoms with Crippen LogP contribution >= 0.6 is 0 Å². The Morgan fingerprint density at radius 3 is 2.75 bits per heavy atom. The number of unbranched alkanes of at least 4 members (excludes halogenated alkanes) is 1. The van der Waals surface area contributed by atoms with Crippen LogP contribution in [0.3, 0.4) is 0 Å².